The van der Waals surface area contributed by atoms with Crippen molar-refractivity contribution >= 4 is 5.65 Å². The fourth-order valence-electron chi connectivity index (χ4n) is 2.62. The molecule has 1 aliphatic rings. The molecular weight excluding hydrogens is 240 g/mol. The van der Waals surface area contributed by atoms with Crippen molar-refractivity contribution in [1.29, 1.82) is 0 Å². The Morgan fingerprint density at radius 2 is 2.42 bits per heavy atom. The molecule has 102 valence electrons. The summed E-state index contributed by atoms with van der Waals surface area (Å²) >= 11 is 0. The number of nitrogens with one attached hydrogen (secondary N) is 1. The third-order valence-corrected chi connectivity index (χ3v) is 3.67. The quantitative estimate of drug-likeness (QED) is 0.911. The highest BCUT2D eigenvalue weighted by molar-refractivity contribution is 5.43. The van der Waals surface area contributed by atoms with E-state index in [1.165, 1.54) is 12.8 Å². The Balaban J connectivity index is 1.63. The number of hydrogen-bond acceptors (Lipinski definition) is 4. The van der Waals surface area contributed by atoms with Gasteiger partial charge in [-0.25, -0.2) is 4.98 Å². The van der Waals surface area contributed by atoms with Gasteiger partial charge in [-0.05, 0) is 56.8 Å². The predicted octanol–water partition coefficient (Wildman–Crippen LogP) is 1.81. The van der Waals surface area contributed by atoms with Crippen molar-refractivity contribution in [2.75, 3.05) is 19.7 Å². The zero-order valence-electron chi connectivity index (χ0n) is 11.3. The predicted molar refractivity (Wildman–Crippen MR) is 73.4 cm³/mol. The van der Waals surface area contributed by atoms with Crippen molar-refractivity contribution in [3.05, 3.63) is 24.0 Å². The summed E-state index contributed by atoms with van der Waals surface area (Å²) < 4.78 is 7.65. The van der Waals surface area contributed by atoms with Crippen LogP contribution in [-0.4, -0.2) is 34.3 Å². The first-order valence-corrected chi connectivity index (χ1v) is 6.97. The second-order valence-corrected chi connectivity index (χ2v) is 5.25. The highest BCUT2D eigenvalue weighted by Gasteiger charge is 2.13. The first-order chi connectivity index (χ1) is 9.33. The summed E-state index contributed by atoms with van der Waals surface area (Å²) in [6.45, 7) is 5.07. The molecule has 1 N–H and O–H groups in total. The summed E-state index contributed by atoms with van der Waals surface area (Å²) in [5.41, 5.74) is 1.99. The van der Waals surface area contributed by atoms with Gasteiger partial charge in [0.1, 0.15) is 6.33 Å². The molecule has 1 atom stereocenters. The van der Waals surface area contributed by atoms with Crippen LogP contribution in [0.2, 0.25) is 0 Å². The minimum atomic E-state index is 0.741. The van der Waals surface area contributed by atoms with E-state index in [0.717, 1.165) is 49.1 Å². The molecule has 0 amide bonds. The third kappa shape index (κ3) is 2.87. The SMILES string of the molecule is Cc1cc(OCCC2CCCNC2)n2ncnc2c1. The van der Waals surface area contributed by atoms with E-state index in [9.17, 15) is 0 Å². The highest BCUT2D eigenvalue weighted by atomic mass is 16.5. The number of aromatic nitrogens is 3. The number of nitrogens with zero attached hydrogens (tertiary/aromatic N) is 3. The number of piperidine rings is 1. The molecule has 1 aliphatic heterocycles. The standard InChI is InChI=1S/C14H20N4O/c1-11-7-13-16-10-17-18(13)14(8-11)19-6-4-12-3-2-5-15-9-12/h7-8,10,12,15H,2-6,9H2,1H3. The Bertz CT molecular complexity index is 545. The topological polar surface area (TPSA) is 51.5 Å². The van der Waals surface area contributed by atoms with Crippen LogP contribution in [0.4, 0.5) is 0 Å². The molecule has 1 saturated heterocycles. The van der Waals surface area contributed by atoms with Gasteiger partial charge in [-0.2, -0.15) is 9.61 Å². The second-order valence-electron chi connectivity index (χ2n) is 5.25. The van der Waals surface area contributed by atoms with Crippen LogP contribution in [0.25, 0.3) is 5.65 Å². The Morgan fingerprint density at radius 1 is 1.47 bits per heavy atom. The molecule has 1 fully saturated rings. The van der Waals surface area contributed by atoms with Crippen LogP contribution in [0.1, 0.15) is 24.8 Å². The molecule has 0 bridgehead atoms. The fourth-order valence-corrected chi connectivity index (χ4v) is 2.62. The lowest BCUT2D eigenvalue weighted by Crippen LogP contribution is -2.30. The van der Waals surface area contributed by atoms with Crippen LogP contribution in [0.3, 0.4) is 0 Å². The number of fused-ring (bicyclic) bond motifs is 1. The van der Waals surface area contributed by atoms with E-state index in [-0.39, 0.29) is 0 Å². The normalized spacial score (nSPS) is 19.7. The molecule has 2 aromatic heterocycles. The Hall–Kier alpha value is -1.62. The number of hydrogen-bond donors (Lipinski definition) is 1. The molecule has 2 aromatic rings. The van der Waals surface area contributed by atoms with Gasteiger partial charge >= 0.3 is 0 Å². The average molecular weight is 260 g/mol. The van der Waals surface area contributed by atoms with Crippen molar-refractivity contribution in [3.8, 4) is 5.88 Å². The van der Waals surface area contributed by atoms with Gasteiger partial charge in [0.25, 0.3) is 0 Å². The molecule has 5 nitrogen and oxygen atoms in total. The summed E-state index contributed by atoms with van der Waals surface area (Å²) in [4.78, 5) is 4.20. The average Bonchev–Trinajstić information content (AvgIpc) is 2.88. The van der Waals surface area contributed by atoms with Gasteiger partial charge in [-0.1, -0.05) is 0 Å². The minimum absolute atomic E-state index is 0.741. The lowest BCUT2D eigenvalue weighted by molar-refractivity contribution is 0.243. The van der Waals surface area contributed by atoms with Crippen molar-refractivity contribution < 1.29 is 4.74 Å². The van der Waals surface area contributed by atoms with E-state index in [4.69, 9.17) is 4.74 Å². The van der Waals surface area contributed by atoms with Crippen LogP contribution < -0.4 is 10.1 Å². The van der Waals surface area contributed by atoms with Gasteiger partial charge in [-0.3, -0.25) is 0 Å². The molecule has 0 spiro atoms. The van der Waals surface area contributed by atoms with Crippen molar-refractivity contribution in [1.82, 2.24) is 19.9 Å². The van der Waals surface area contributed by atoms with Crippen LogP contribution >= 0.6 is 0 Å². The van der Waals surface area contributed by atoms with Gasteiger partial charge in [0.15, 0.2) is 5.65 Å². The third-order valence-electron chi connectivity index (χ3n) is 3.67. The molecule has 1 unspecified atom stereocenters. The van der Waals surface area contributed by atoms with Crippen LogP contribution in [0, 0.1) is 12.8 Å². The maximum absolute atomic E-state index is 5.89. The summed E-state index contributed by atoms with van der Waals surface area (Å²) in [7, 11) is 0. The molecular formula is C14H20N4O. The molecule has 0 saturated carbocycles. The van der Waals surface area contributed by atoms with E-state index in [1.54, 1.807) is 10.8 Å². The van der Waals surface area contributed by atoms with Gasteiger partial charge in [0, 0.05) is 6.07 Å². The maximum atomic E-state index is 5.89. The number of ether oxygens (including phenoxy) is 1. The Kier molecular flexibility index (Phi) is 3.64. The molecule has 0 aliphatic carbocycles. The van der Waals surface area contributed by atoms with Crippen molar-refractivity contribution in [3.63, 3.8) is 0 Å². The van der Waals surface area contributed by atoms with Crippen LogP contribution in [0.5, 0.6) is 5.88 Å². The minimum Gasteiger partial charge on any atom is -0.478 e. The summed E-state index contributed by atoms with van der Waals surface area (Å²) in [5, 5.41) is 7.63. The van der Waals surface area contributed by atoms with Crippen LogP contribution in [-0.2, 0) is 0 Å². The smallest absolute Gasteiger partial charge is 0.216 e. The fraction of sp³-hybridized carbons (Fsp3) is 0.571. The van der Waals surface area contributed by atoms with Gasteiger partial charge < -0.3 is 10.1 Å². The summed E-state index contributed by atoms with van der Waals surface area (Å²) in [6.07, 6.45) is 5.25. The van der Waals surface area contributed by atoms with E-state index in [1.807, 2.05) is 19.1 Å². The Morgan fingerprint density at radius 3 is 3.26 bits per heavy atom. The molecule has 3 rings (SSSR count). The van der Waals surface area contributed by atoms with Crippen LogP contribution in [0.15, 0.2) is 18.5 Å². The Labute approximate surface area is 113 Å². The zero-order valence-corrected chi connectivity index (χ0v) is 11.3. The van der Waals surface area contributed by atoms with E-state index < -0.39 is 0 Å². The zero-order chi connectivity index (χ0) is 13.1. The molecule has 0 aromatic carbocycles. The second kappa shape index (κ2) is 5.57. The van der Waals surface area contributed by atoms with Crippen molar-refractivity contribution in [2.24, 2.45) is 5.92 Å². The highest BCUT2D eigenvalue weighted by Crippen LogP contribution is 2.18. The molecule has 19 heavy (non-hydrogen) atoms. The van der Waals surface area contributed by atoms with E-state index in [2.05, 4.69) is 15.4 Å². The number of rotatable bonds is 4. The van der Waals surface area contributed by atoms with Crippen molar-refractivity contribution in [2.45, 2.75) is 26.2 Å². The summed E-state index contributed by atoms with van der Waals surface area (Å²) in [5.74, 6) is 1.53. The van der Waals surface area contributed by atoms with Gasteiger partial charge in [-0.15, -0.1) is 0 Å². The lowest BCUT2D eigenvalue weighted by Gasteiger charge is -2.22. The monoisotopic (exact) mass is 260 g/mol. The first kappa shape index (κ1) is 12.4. The van der Waals surface area contributed by atoms with Gasteiger partial charge in [0.05, 0.1) is 6.61 Å². The van der Waals surface area contributed by atoms with E-state index in [0.29, 0.717) is 0 Å². The maximum Gasteiger partial charge on any atom is 0.216 e. The molecule has 5 heteroatoms. The van der Waals surface area contributed by atoms with Gasteiger partial charge in [0.2, 0.25) is 5.88 Å². The molecule has 0 radical (unpaired) electrons. The van der Waals surface area contributed by atoms with E-state index >= 15 is 0 Å². The number of pyridine rings is 1. The lowest BCUT2D eigenvalue weighted by atomic mass is 9.97. The summed E-state index contributed by atoms with van der Waals surface area (Å²) in [6, 6.07) is 4.02. The molecule has 3 heterocycles. The first-order valence-electron chi connectivity index (χ1n) is 6.97. The largest absolute Gasteiger partial charge is 0.478 e. The number of aryl methyl sites for hydroxylation is 1.